The monoisotopic (exact) mass is 392 g/mol. The van der Waals surface area contributed by atoms with Gasteiger partial charge in [-0.05, 0) is 24.5 Å². The number of amides is 1. The average molecular weight is 393 g/mol. The molecule has 7 nitrogen and oxygen atoms in total. The van der Waals surface area contributed by atoms with Crippen LogP contribution in [0, 0.1) is 0 Å². The van der Waals surface area contributed by atoms with Crippen LogP contribution in [0.15, 0.2) is 30.9 Å². The van der Waals surface area contributed by atoms with E-state index in [2.05, 4.69) is 30.7 Å². The summed E-state index contributed by atoms with van der Waals surface area (Å²) in [6.07, 6.45) is 10.0. The summed E-state index contributed by atoms with van der Waals surface area (Å²) in [4.78, 5) is 32.7. The number of nitrogens with zero attached hydrogens (tertiary/aromatic N) is 6. The third kappa shape index (κ3) is 4.02. The van der Waals surface area contributed by atoms with Gasteiger partial charge in [0.1, 0.15) is 6.33 Å². The van der Waals surface area contributed by atoms with Crippen molar-refractivity contribution in [1.29, 1.82) is 0 Å². The van der Waals surface area contributed by atoms with Crippen LogP contribution in [0.4, 0.5) is 0 Å². The van der Waals surface area contributed by atoms with E-state index < -0.39 is 0 Å². The molecule has 2 aliphatic heterocycles. The van der Waals surface area contributed by atoms with E-state index in [0.717, 1.165) is 68.7 Å². The lowest BCUT2D eigenvalue weighted by Crippen LogP contribution is -2.55. The van der Waals surface area contributed by atoms with E-state index in [1.54, 1.807) is 12.4 Å². The lowest BCUT2D eigenvalue weighted by atomic mass is 9.91. The second-order valence-electron chi connectivity index (χ2n) is 8.39. The summed E-state index contributed by atoms with van der Waals surface area (Å²) in [5.74, 6) is 0.271. The molecule has 2 aromatic rings. The second-order valence-corrected chi connectivity index (χ2v) is 8.39. The molecule has 29 heavy (non-hydrogen) atoms. The summed E-state index contributed by atoms with van der Waals surface area (Å²) in [5, 5.41) is 0. The summed E-state index contributed by atoms with van der Waals surface area (Å²) in [7, 11) is 0. The van der Waals surface area contributed by atoms with Gasteiger partial charge in [-0.1, -0.05) is 12.5 Å². The van der Waals surface area contributed by atoms with Gasteiger partial charge in [-0.2, -0.15) is 0 Å². The average Bonchev–Trinajstić information content (AvgIpc) is 2.73. The van der Waals surface area contributed by atoms with Crippen LogP contribution in [0.5, 0.6) is 0 Å². The minimum Gasteiger partial charge on any atom is -0.339 e. The molecule has 0 unspecified atom stereocenters. The van der Waals surface area contributed by atoms with Crippen LogP contribution in [-0.2, 0) is 17.8 Å². The van der Waals surface area contributed by atoms with E-state index >= 15 is 0 Å². The van der Waals surface area contributed by atoms with Crippen molar-refractivity contribution < 1.29 is 4.79 Å². The Hall–Kier alpha value is -2.38. The lowest BCUT2D eigenvalue weighted by molar-refractivity contribution is -0.135. The van der Waals surface area contributed by atoms with Crippen molar-refractivity contribution in [2.45, 2.75) is 38.3 Å². The number of aromatic nitrogens is 3. The summed E-state index contributed by atoms with van der Waals surface area (Å²) < 4.78 is 0. The number of carbonyl (C=O) groups excluding carboxylic acids is 1. The molecule has 0 radical (unpaired) electrons. The minimum atomic E-state index is 0.271. The zero-order valence-electron chi connectivity index (χ0n) is 16.8. The molecule has 7 heteroatoms. The number of hydrogen-bond acceptors (Lipinski definition) is 6. The Morgan fingerprint density at radius 3 is 2.55 bits per heavy atom. The van der Waals surface area contributed by atoms with Crippen LogP contribution in [0.2, 0.25) is 0 Å². The van der Waals surface area contributed by atoms with Crippen molar-refractivity contribution in [3.05, 3.63) is 42.1 Å². The predicted octanol–water partition coefficient (Wildman–Crippen LogP) is 1.59. The molecular weight excluding hydrogens is 364 g/mol. The molecular formula is C22H28N6O. The fraction of sp³-hybridized carbons (Fsp3) is 0.545. The third-order valence-electron chi connectivity index (χ3n) is 6.60. The van der Waals surface area contributed by atoms with E-state index in [1.807, 2.05) is 6.07 Å². The van der Waals surface area contributed by atoms with Crippen molar-refractivity contribution in [1.82, 2.24) is 29.7 Å². The number of rotatable bonds is 4. The molecule has 5 rings (SSSR count). The van der Waals surface area contributed by atoms with Gasteiger partial charge >= 0.3 is 0 Å². The fourth-order valence-corrected chi connectivity index (χ4v) is 4.58. The molecule has 152 valence electrons. The maximum atomic E-state index is 12.8. The Morgan fingerprint density at radius 2 is 1.83 bits per heavy atom. The van der Waals surface area contributed by atoms with Gasteiger partial charge in [0.15, 0.2) is 0 Å². The van der Waals surface area contributed by atoms with Crippen molar-refractivity contribution in [3.63, 3.8) is 0 Å². The number of carbonyl (C=O) groups is 1. The smallest absolute Gasteiger partial charge is 0.236 e. The van der Waals surface area contributed by atoms with Gasteiger partial charge in [-0.15, -0.1) is 0 Å². The highest BCUT2D eigenvalue weighted by atomic mass is 16.2. The van der Waals surface area contributed by atoms with E-state index in [9.17, 15) is 4.79 Å². The predicted molar refractivity (Wildman–Crippen MR) is 110 cm³/mol. The van der Waals surface area contributed by atoms with Crippen LogP contribution in [0.25, 0.3) is 11.3 Å². The third-order valence-corrected chi connectivity index (χ3v) is 6.60. The Balaban J connectivity index is 1.16. The van der Waals surface area contributed by atoms with Gasteiger partial charge in [0.2, 0.25) is 5.91 Å². The summed E-state index contributed by atoms with van der Waals surface area (Å²) in [5.41, 5.74) is 4.20. The molecule has 0 bridgehead atoms. The number of fused-ring (bicyclic) bond motifs is 1. The van der Waals surface area contributed by atoms with E-state index in [4.69, 9.17) is 4.98 Å². The van der Waals surface area contributed by atoms with Gasteiger partial charge in [-0.3, -0.25) is 19.6 Å². The number of piperazine rings is 1. The van der Waals surface area contributed by atoms with Crippen molar-refractivity contribution >= 4 is 5.91 Å². The van der Waals surface area contributed by atoms with Gasteiger partial charge < -0.3 is 4.90 Å². The van der Waals surface area contributed by atoms with Gasteiger partial charge in [0.05, 0.1) is 12.2 Å². The largest absolute Gasteiger partial charge is 0.339 e. The van der Waals surface area contributed by atoms with Crippen LogP contribution in [-0.4, -0.2) is 80.9 Å². The lowest BCUT2D eigenvalue weighted by Gasteiger charge is -2.43. The first-order valence-corrected chi connectivity index (χ1v) is 10.7. The molecule has 1 saturated heterocycles. The Morgan fingerprint density at radius 1 is 1.03 bits per heavy atom. The first kappa shape index (κ1) is 18.6. The first-order valence-electron chi connectivity index (χ1n) is 10.7. The Bertz CT molecular complexity index is 861. The molecule has 1 saturated carbocycles. The molecule has 1 aliphatic carbocycles. The molecule has 2 aromatic heterocycles. The zero-order valence-corrected chi connectivity index (χ0v) is 16.8. The van der Waals surface area contributed by atoms with Gasteiger partial charge in [0.25, 0.3) is 0 Å². The van der Waals surface area contributed by atoms with E-state index in [-0.39, 0.29) is 5.91 Å². The highest BCUT2D eigenvalue weighted by molar-refractivity contribution is 5.78. The quantitative estimate of drug-likeness (QED) is 0.787. The molecule has 0 spiro atoms. The van der Waals surface area contributed by atoms with Crippen molar-refractivity contribution in [2.24, 2.45) is 0 Å². The molecule has 1 amide bonds. The Labute approximate surface area is 171 Å². The zero-order chi connectivity index (χ0) is 19.6. The van der Waals surface area contributed by atoms with Crippen LogP contribution in [0.3, 0.4) is 0 Å². The number of pyridine rings is 1. The molecule has 4 heterocycles. The maximum Gasteiger partial charge on any atom is 0.236 e. The summed E-state index contributed by atoms with van der Waals surface area (Å²) in [6.45, 7) is 6.01. The highest BCUT2D eigenvalue weighted by Crippen LogP contribution is 2.26. The minimum absolute atomic E-state index is 0.271. The van der Waals surface area contributed by atoms with Gasteiger partial charge in [-0.25, -0.2) is 9.97 Å². The van der Waals surface area contributed by atoms with Gasteiger partial charge in [0, 0.05) is 75.4 Å². The van der Waals surface area contributed by atoms with Crippen LogP contribution >= 0.6 is 0 Å². The molecule has 3 aliphatic rings. The van der Waals surface area contributed by atoms with Crippen molar-refractivity contribution in [2.75, 3.05) is 39.3 Å². The first-order chi connectivity index (χ1) is 14.3. The summed E-state index contributed by atoms with van der Waals surface area (Å²) in [6, 6.07) is 4.95. The maximum absolute atomic E-state index is 12.8. The fourth-order valence-electron chi connectivity index (χ4n) is 4.58. The Kier molecular flexibility index (Phi) is 5.24. The highest BCUT2D eigenvalue weighted by Gasteiger charge is 2.30. The van der Waals surface area contributed by atoms with Crippen LogP contribution < -0.4 is 0 Å². The SMILES string of the molecule is O=C(CN1CCc2nc(-c3cncnc3)ccc2C1)N1CCN(C2CCC2)CC1. The molecule has 2 fully saturated rings. The number of hydrogen-bond donors (Lipinski definition) is 0. The molecule has 0 aromatic carbocycles. The normalized spacial score (nSPS) is 20.9. The molecule has 0 N–H and O–H groups in total. The van der Waals surface area contributed by atoms with E-state index in [0.29, 0.717) is 6.54 Å². The van der Waals surface area contributed by atoms with E-state index in [1.165, 1.54) is 31.2 Å². The molecule has 0 atom stereocenters. The topological polar surface area (TPSA) is 65.5 Å². The second kappa shape index (κ2) is 8.16. The van der Waals surface area contributed by atoms with Crippen LogP contribution in [0.1, 0.15) is 30.5 Å². The standard InChI is InChI=1S/C22H28N6O/c29-22(28-10-8-27(9-11-28)19-2-1-3-19)15-26-7-6-21-17(14-26)4-5-20(25-21)18-12-23-16-24-13-18/h4-5,12-13,16,19H,1-3,6-11,14-15H2. The summed E-state index contributed by atoms with van der Waals surface area (Å²) >= 11 is 0. The van der Waals surface area contributed by atoms with Crippen molar-refractivity contribution in [3.8, 4) is 11.3 Å².